The number of allylic oxidation sites excluding steroid dienone is 1. The summed E-state index contributed by atoms with van der Waals surface area (Å²) in [6, 6.07) is 1.36. The third-order valence-corrected chi connectivity index (χ3v) is 6.55. The van der Waals surface area contributed by atoms with Crippen LogP contribution in [-0.2, 0) is 19.4 Å². The highest BCUT2D eigenvalue weighted by atomic mass is 32.2. The van der Waals surface area contributed by atoms with Crippen LogP contribution in [0.15, 0.2) is 28.9 Å². The summed E-state index contributed by atoms with van der Waals surface area (Å²) in [6.07, 6.45) is -5.60. The van der Waals surface area contributed by atoms with Crippen LogP contribution in [0.2, 0.25) is 0 Å². The molecule has 6 nitrogen and oxygen atoms in total. The van der Waals surface area contributed by atoms with Gasteiger partial charge in [0, 0.05) is 24.6 Å². The van der Waals surface area contributed by atoms with Crippen LogP contribution >= 0.6 is 0 Å². The van der Waals surface area contributed by atoms with Crippen molar-refractivity contribution >= 4 is 15.6 Å². The molecule has 1 aromatic rings. The molecule has 2 atom stereocenters. The van der Waals surface area contributed by atoms with Gasteiger partial charge in [-0.25, -0.2) is 12.8 Å². The molecule has 0 fully saturated rings. The van der Waals surface area contributed by atoms with E-state index in [1.54, 1.807) is 0 Å². The quantitative estimate of drug-likeness (QED) is 0.564. The Balaban J connectivity index is 2.34. The summed E-state index contributed by atoms with van der Waals surface area (Å²) in [6.45, 7) is 0. The minimum Gasteiger partial charge on any atom is -0.496 e. The maximum atomic E-state index is 13.9. The van der Waals surface area contributed by atoms with E-state index >= 15 is 0 Å². The SMILES string of the molecule is COC1=CC(=O)C[C@@H](C(F)(F)F)[C@]12Oc1cc(F)c(OC)cc1S2(=O)=O. The van der Waals surface area contributed by atoms with E-state index in [9.17, 15) is 30.8 Å². The molecule has 1 heterocycles. The number of benzene rings is 1. The number of rotatable bonds is 2. The number of methoxy groups -OCH3 is 2. The van der Waals surface area contributed by atoms with Crippen LogP contribution in [0.5, 0.6) is 11.5 Å². The fourth-order valence-electron chi connectivity index (χ4n) is 3.13. The number of ketones is 1. The predicted molar refractivity (Wildman–Crippen MR) is 77.8 cm³/mol. The van der Waals surface area contributed by atoms with Crippen molar-refractivity contribution in [1.29, 1.82) is 0 Å². The average Bonchev–Trinajstić information content (AvgIpc) is 2.75. The monoisotopic (exact) mass is 396 g/mol. The lowest BCUT2D eigenvalue weighted by Crippen LogP contribution is -2.57. The van der Waals surface area contributed by atoms with E-state index in [1.807, 2.05) is 0 Å². The Morgan fingerprint density at radius 2 is 1.88 bits per heavy atom. The minimum atomic E-state index is -5.11. The largest absolute Gasteiger partial charge is 0.496 e. The fourth-order valence-corrected chi connectivity index (χ4v) is 5.28. The Bertz CT molecular complexity index is 921. The highest BCUT2D eigenvalue weighted by Gasteiger charge is 2.71. The van der Waals surface area contributed by atoms with Crippen molar-refractivity contribution in [1.82, 2.24) is 0 Å². The zero-order chi connectivity index (χ0) is 19.5. The average molecular weight is 396 g/mol. The van der Waals surface area contributed by atoms with Gasteiger partial charge < -0.3 is 14.2 Å². The number of halogens is 4. The number of carbonyl (C=O) groups excluding carboxylic acids is 1. The number of ether oxygens (including phenoxy) is 3. The van der Waals surface area contributed by atoms with Crippen LogP contribution in [0.3, 0.4) is 0 Å². The van der Waals surface area contributed by atoms with Gasteiger partial charge in [0.25, 0.3) is 4.93 Å². The molecule has 0 N–H and O–H groups in total. The number of hydrogen-bond donors (Lipinski definition) is 0. The normalized spacial score (nSPS) is 26.9. The Labute approximate surface area is 145 Å². The third-order valence-electron chi connectivity index (χ3n) is 4.28. The molecule has 0 saturated carbocycles. The molecule has 0 bridgehead atoms. The van der Waals surface area contributed by atoms with Gasteiger partial charge in [0.05, 0.1) is 14.2 Å². The van der Waals surface area contributed by atoms with E-state index in [0.717, 1.165) is 20.3 Å². The van der Waals surface area contributed by atoms with E-state index in [0.29, 0.717) is 12.1 Å². The van der Waals surface area contributed by atoms with Crippen LogP contribution in [-0.4, -0.2) is 39.5 Å². The standard InChI is InChI=1S/C15H12F4O6S/c1-23-9-6-11-10(5-8(9)16)25-14(26(11,21)22)12(15(17,18)19)3-7(20)4-13(14)24-2/h4-6,12H,3H2,1-2H3/t12-,14-/m1/s1. The summed E-state index contributed by atoms with van der Waals surface area (Å²) in [5.74, 6) is -6.62. The van der Waals surface area contributed by atoms with Gasteiger partial charge in [-0.2, -0.15) is 13.2 Å². The Morgan fingerprint density at radius 3 is 2.42 bits per heavy atom. The van der Waals surface area contributed by atoms with Crippen molar-refractivity contribution in [2.24, 2.45) is 5.92 Å². The second-order valence-electron chi connectivity index (χ2n) is 5.68. The van der Waals surface area contributed by atoms with Gasteiger partial charge in [-0.3, -0.25) is 4.79 Å². The van der Waals surface area contributed by atoms with Crippen molar-refractivity contribution in [2.75, 3.05) is 14.2 Å². The van der Waals surface area contributed by atoms with E-state index < -0.39 is 67.0 Å². The van der Waals surface area contributed by atoms with Gasteiger partial charge in [0.1, 0.15) is 16.6 Å². The number of carbonyl (C=O) groups is 1. The molecule has 0 aromatic heterocycles. The second kappa shape index (κ2) is 5.60. The smallest absolute Gasteiger partial charge is 0.397 e. The van der Waals surface area contributed by atoms with Crippen molar-refractivity contribution in [3.05, 3.63) is 29.8 Å². The van der Waals surface area contributed by atoms with Crippen molar-refractivity contribution < 1.29 is 45.0 Å². The summed E-state index contributed by atoms with van der Waals surface area (Å²) in [4.78, 5) is 7.96. The van der Waals surface area contributed by atoms with Crippen molar-refractivity contribution in [3.8, 4) is 11.5 Å². The van der Waals surface area contributed by atoms with Gasteiger partial charge >= 0.3 is 6.18 Å². The first-order chi connectivity index (χ1) is 12.0. The first-order valence-corrected chi connectivity index (χ1v) is 8.64. The summed E-state index contributed by atoms with van der Waals surface area (Å²) in [5, 5.41) is 0. The summed E-state index contributed by atoms with van der Waals surface area (Å²) >= 11 is 0. The fraction of sp³-hybridized carbons (Fsp3) is 0.400. The van der Waals surface area contributed by atoms with Crippen LogP contribution in [0.25, 0.3) is 0 Å². The van der Waals surface area contributed by atoms with E-state index in [-0.39, 0.29) is 0 Å². The number of sulfone groups is 1. The molecule has 142 valence electrons. The predicted octanol–water partition coefficient (Wildman–Crippen LogP) is 2.38. The maximum absolute atomic E-state index is 13.9. The summed E-state index contributed by atoms with van der Waals surface area (Å²) < 4.78 is 95.5. The van der Waals surface area contributed by atoms with Crippen LogP contribution in [0, 0.1) is 11.7 Å². The van der Waals surface area contributed by atoms with Gasteiger partial charge in [-0.15, -0.1) is 0 Å². The third kappa shape index (κ3) is 2.29. The number of fused-ring (bicyclic) bond motifs is 1. The first kappa shape index (κ1) is 18.5. The van der Waals surface area contributed by atoms with Gasteiger partial charge in [-0.05, 0) is 0 Å². The molecular formula is C15H12F4O6S. The molecule has 2 aliphatic rings. The first-order valence-electron chi connectivity index (χ1n) is 7.16. The Kier molecular flexibility index (Phi) is 3.98. The van der Waals surface area contributed by atoms with E-state index in [4.69, 9.17) is 9.47 Å². The van der Waals surface area contributed by atoms with E-state index in [2.05, 4.69) is 4.74 Å². The lowest BCUT2D eigenvalue weighted by atomic mass is 9.88. The lowest BCUT2D eigenvalue weighted by Gasteiger charge is -2.38. The summed E-state index contributed by atoms with van der Waals surface area (Å²) in [7, 11) is -2.88. The highest BCUT2D eigenvalue weighted by Crippen LogP contribution is 2.56. The molecule has 3 rings (SSSR count). The molecule has 0 amide bonds. The molecular weight excluding hydrogens is 384 g/mol. The zero-order valence-corrected chi connectivity index (χ0v) is 14.2. The van der Waals surface area contributed by atoms with Crippen LogP contribution < -0.4 is 9.47 Å². The molecule has 0 radical (unpaired) electrons. The molecule has 0 saturated heterocycles. The van der Waals surface area contributed by atoms with Crippen LogP contribution in [0.1, 0.15) is 6.42 Å². The van der Waals surface area contributed by atoms with Gasteiger partial charge in [-0.1, -0.05) is 0 Å². The molecule has 0 unspecified atom stereocenters. The Morgan fingerprint density at radius 1 is 1.23 bits per heavy atom. The lowest BCUT2D eigenvalue weighted by molar-refractivity contribution is -0.205. The molecule has 1 spiro atoms. The minimum absolute atomic E-state index is 0.480. The van der Waals surface area contributed by atoms with Crippen molar-refractivity contribution in [2.45, 2.75) is 22.4 Å². The summed E-state index contributed by atoms with van der Waals surface area (Å²) in [5.41, 5.74) is 0. The molecule has 1 aromatic carbocycles. The van der Waals surface area contributed by atoms with Gasteiger partial charge in [0.15, 0.2) is 23.1 Å². The highest BCUT2D eigenvalue weighted by molar-refractivity contribution is 7.93. The van der Waals surface area contributed by atoms with Crippen molar-refractivity contribution in [3.63, 3.8) is 0 Å². The zero-order valence-electron chi connectivity index (χ0n) is 13.4. The van der Waals surface area contributed by atoms with Gasteiger partial charge in [0.2, 0.25) is 9.84 Å². The second-order valence-corrected chi connectivity index (χ2v) is 7.74. The molecule has 26 heavy (non-hydrogen) atoms. The topological polar surface area (TPSA) is 78.9 Å². The van der Waals surface area contributed by atoms with Crippen LogP contribution in [0.4, 0.5) is 17.6 Å². The maximum Gasteiger partial charge on any atom is 0.397 e. The molecule has 11 heteroatoms. The Hall–Kier alpha value is -2.30. The molecule has 1 aliphatic carbocycles. The molecule has 1 aliphatic heterocycles. The van der Waals surface area contributed by atoms with E-state index in [1.165, 1.54) is 0 Å². The number of hydrogen-bond acceptors (Lipinski definition) is 6. The number of alkyl halides is 3.